The van der Waals surface area contributed by atoms with Crippen LogP contribution in [0.2, 0.25) is 0 Å². The highest BCUT2D eigenvalue weighted by Crippen LogP contribution is 2.13. The van der Waals surface area contributed by atoms with Crippen LogP contribution in [0.25, 0.3) is 0 Å². The van der Waals surface area contributed by atoms with E-state index in [4.69, 9.17) is 4.74 Å². The van der Waals surface area contributed by atoms with Gasteiger partial charge in [0.05, 0.1) is 23.9 Å². The number of nitrogens with zero attached hydrogens (tertiary/aromatic N) is 3. The Kier molecular flexibility index (Phi) is 5.42. The molecule has 0 spiro atoms. The van der Waals surface area contributed by atoms with Crippen molar-refractivity contribution in [2.45, 2.75) is 6.92 Å². The smallest absolute Gasteiger partial charge is 0.226 e. The molecule has 0 aromatic heterocycles. The van der Waals surface area contributed by atoms with E-state index >= 15 is 0 Å². The van der Waals surface area contributed by atoms with Crippen LogP contribution in [0.5, 0.6) is 0 Å². The lowest BCUT2D eigenvalue weighted by Gasteiger charge is -2.27. The molecule has 0 saturated carbocycles. The molecule has 1 aromatic carbocycles. The quantitative estimate of drug-likeness (QED) is 0.585. The van der Waals surface area contributed by atoms with Crippen LogP contribution >= 0.6 is 11.8 Å². The van der Waals surface area contributed by atoms with Gasteiger partial charge in [0.2, 0.25) is 5.96 Å². The van der Waals surface area contributed by atoms with Gasteiger partial charge < -0.3 is 9.64 Å². The molecular formula is C14H19N3OS. The van der Waals surface area contributed by atoms with Crippen LogP contribution in [0.4, 0.5) is 5.69 Å². The molecule has 19 heavy (non-hydrogen) atoms. The average molecular weight is 277 g/mol. The summed E-state index contributed by atoms with van der Waals surface area (Å²) >= 11 is 1.64. The molecule has 1 saturated heterocycles. The topological polar surface area (TPSA) is 37.2 Å². The maximum atomic E-state index is 5.38. The minimum atomic E-state index is 0.738. The van der Waals surface area contributed by atoms with E-state index in [1.807, 2.05) is 43.5 Å². The Hall–Kier alpha value is -1.33. The molecular weight excluding hydrogens is 258 g/mol. The van der Waals surface area contributed by atoms with Crippen LogP contribution < -0.4 is 0 Å². The molecule has 0 bridgehead atoms. The van der Waals surface area contributed by atoms with Crippen molar-refractivity contribution in [2.24, 2.45) is 9.98 Å². The monoisotopic (exact) mass is 277 g/mol. The van der Waals surface area contributed by atoms with E-state index in [-0.39, 0.29) is 0 Å². The second kappa shape index (κ2) is 7.31. The Morgan fingerprint density at radius 2 is 1.89 bits per heavy atom. The first-order valence-electron chi connectivity index (χ1n) is 6.35. The van der Waals surface area contributed by atoms with Gasteiger partial charge in [-0.25, -0.2) is 9.98 Å². The van der Waals surface area contributed by atoms with Crippen LogP contribution in [-0.4, -0.2) is 48.5 Å². The zero-order valence-electron chi connectivity index (χ0n) is 11.4. The summed E-state index contributed by atoms with van der Waals surface area (Å²) < 4.78 is 5.38. The fraction of sp³-hybridized carbons (Fsp3) is 0.429. The predicted octanol–water partition coefficient (Wildman–Crippen LogP) is 2.79. The van der Waals surface area contributed by atoms with E-state index in [0.717, 1.165) is 43.0 Å². The van der Waals surface area contributed by atoms with Gasteiger partial charge in [-0.15, -0.1) is 11.8 Å². The summed E-state index contributed by atoms with van der Waals surface area (Å²) in [6.07, 6.45) is 2.03. The fourth-order valence-electron chi connectivity index (χ4n) is 1.73. The lowest BCUT2D eigenvalue weighted by atomic mass is 10.3. The highest BCUT2D eigenvalue weighted by molar-refractivity contribution is 8.13. The molecule has 102 valence electrons. The van der Waals surface area contributed by atoms with Gasteiger partial charge in [0.15, 0.2) is 0 Å². The number of guanidine groups is 1. The zero-order chi connectivity index (χ0) is 13.5. The molecule has 1 fully saturated rings. The van der Waals surface area contributed by atoms with E-state index in [2.05, 4.69) is 14.9 Å². The normalized spacial score (nSPS) is 17.7. The van der Waals surface area contributed by atoms with Crippen molar-refractivity contribution >= 4 is 28.5 Å². The third kappa shape index (κ3) is 4.36. The maximum Gasteiger partial charge on any atom is 0.226 e. The largest absolute Gasteiger partial charge is 0.378 e. The van der Waals surface area contributed by atoms with Gasteiger partial charge in [-0.2, -0.15) is 0 Å². The lowest BCUT2D eigenvalue weighted by Crippen LogP contribution is -2.40. The average Bonchev–Trinajstić information content (AvgIpc) is 2.48. The van der Waals surface area contributed by atoms with Crippen molar-refractivity contribution < 1.29 is 4.74 Å². The minimum Gasteiger partial charge on any atom is -0.378 e. The Bertz CT molecular complexity index is 453. The van der Waals surface area contributed by atoms with Crippen LogP contribution in [0.3, 0.4) is 0 Å². The number of morpholine rings is 1. The first-order chi connectivity index (χ1) is 9.29. The van der Waals surface area contributed by atoms with E-state index < -0.39 is 0 Å². The first-order valence-corrected chi connectivity index (χ1v) is 7.58. The molecule has 1 aliphatic heterocycles. The number of thioether (sulfide) groups is 1. The van der Waals surface area contributed by atoms with Crippen LogP contribution in [0, 0.1) is 0 Å². The molecule has 0 N–H and O–H groups in total. The van der Waals surface area contributed by atoms with E-state index in [9.17, 15) is 0 Å². The second-order valence-corrected chi connectivity index (χ2v) is 5.18. The number of rotatable bonds is 1. The summed E-state index contributed by atoms with van der Waals surface area (Å²) in [5.41, 5.74) is 0.932. The molecule has 2 rings (SSSR count). The number of benzene rings is 1. The molecule has 0 unspecified atom stereocenters. The summed E-state index contributed by atoms with van der Waals surface area (Å²) in [5.74, 6) is 0.779. The van der Waals surface area contributed by atoms with Crippen molar-refractivity contribution in [3.63, 3.8) is 0 Å². The molecule has 5 heteroatoms. The van der Waals surface area contributed by atoms with Crippen molar-refractivity contribution in [2.75, 3.05) is 32.6 Å². The number of hydrogen-bond acceptors (Lipinski definition) is 3. The third-order valence-corrected chi connectivity index (χ3v) is 3.51. The molecule has 1 aliphatic rings. The van der Waals surface area contributed by atoms with Gasteiger partial charge in [-0.1, -0.05) is 18.2 Å². The molecule has 1 heterocycles. The highest BCUT2D eigenvalue weighted by atomic mass is 32.2. The van der Waals surface area contributed by atoms with Crippen LogP contribution in [0.1, 0.15) is 6.92 Å². The van der Waals surface area contributed by atoms with Gasteiger partial charge in [-0.3, -0.25) is 0 Å². The SMILES string of the molecule is CSC(C)=NC(=Nc1ccccc1)N1CCOCC1. The molecule has 4 nitrogen and oxygen atoms in total. The Labute approximate surface area is 118 Å². The summed E-state index contributed by atoms with van der Waals surface area (Å²) in [7, 11) is 0. The van der Waals surface area contributed by atoms with E-state index in [1.54, 1.807) is 11.8 Å². The van der Waals surface area contributed by atoms with Crippen molar-refractivity contribution in [1.82, 2.24) is 4.90 Å². The van der Waals surface area contributed by atoms with Crippen LogP contribution in [-0.2, 0) is 4.74 Å². The lowest BCUT2D eigenvalue weighted by molar-refractivity contribution is 0.0676. The maximum absolute atomic E-state index is 5.38. The van der Waals surface area contributed by atoms with Crippen LogP contribution in [0.15, 0.2) is 40.3 Å². The minimum absolute atomic E-state index is 0.738. The van der Waals surface area contributed by atoms with Gasteiger partial charge in [-0.05, 0) is 25.3 Å². The van der Waals surface area contributed by atoms with Gasteiger partial charge in [0, 0.05) is 13.1 Å². The van der Waals surface area contributed by atoms with Crippen molar-refractivity contribution in [3.8, 4) is 0 Å². The molecule has 0 aliphatic carbocycles. The summed E-state index contributed by atoms with van der Waals surface area (Å²) in [5, 5.41) is 1.01. The zero-order valence-corrected chi connectivity index (χ0v) is 12.2. The fourth-order valence-corrected chi connectivity index (χ4v) is 1.91. The molecule has 0 amide bonds. The molecule has 1 aromatic rings. The van der Waals surface area contributed by atoms with E-state index in [0.29, 0.717) is 0 Å². The summed E-state index contributed by atoms with van der Waals surface area (Å²) in [6.45, 7) is 5.17. The van der Waals surface area contributed by atoms with Gasteiger partial charge >= 0.3 is 0 Å². The number of aliphatic imine (C=N–C) groups is 2. The second-order valence-electron chi connectivity index (χ2n) is 4.18. The molecule has 0 radical (unpaired) electrons. The summed E-state index contributed by atoms with van der Waals surface area (Å²) in [6, 6.07) is 9.94. The number of para-hydroxylation sites is 1. The Morgan fingerprint density at radius 1 is 1.21 bits per heavy atom. The first kappa shape index (κ1) is 14.1. The third-order valence-electron chi connectivity index (χ3n) is 2.83. The van der Waals surface area contributed by atoms with Crippen molar-refractivity contribution in [3.05, 3.63) is 30.3 Å². The van der Waals surface area contributed by atoms with Crippen molar-refractivity contribution in [1.29, 1.82) is 0 Å². The molecule has 0 atom stereocenters. The Morgan fingerprint density at radius 3 is 2.53 bits per heavy atom. The Balaban J connectivity index is 2.25. The van der Waals surface area contributed by atoms with E-state index in [1.165, 1.54) is 0 Å². The van der Waals surface area contributed by atoms with Gasteiger partial charge in [0.1, 0.15) is 0 Å². The standard InChI is InChI=1S/C14H19N3OS/c1-12(19-2)15-14(17-8-10-18-11-9-17)16-13-6-4-3-5-7-13/h3-7H,8-11H2,1-2H3. The summed E-state index contributed by atoms with van der Waals surface area (Å²) in [4.78, 5) is 11.4. The number of hydrogen-bond donors (Lipinski definition) is 0. The van der Waals surface area contributed by atoms with Gasteiger partial charge in [0.25, 0.3) is 0 Å². The predicted molar refractivity (Wildman–Crippen MR) is 82.6 cm³/mol. The highest BCUT2D eigenvalue weighted by Gasteiger charge is 2.15. The number of ether oxygens (including phenoxy) is 1.